The van der Waals surface area contributed by atoms with Gasteiger partial charge in [-0.05, 0) is 25.1 Å². The highest BCUT2D eigenvalue weighted by atomic mass is 28.4. The minimum Gasteiger partial charge on any atom is -0.459 e. The van der Waals surface area contributed by atoms with E-state index in [0.29, 0.717) is 13.0 Å². The molecule has 1 saturated heterocycles. The van der Waals surface area contributed by atoms with Crippen LogP contribution in [0.15, 0.2) is 12.7 Å². The Morgan fingerprint density at radius 2 is 2.04 bits per heavy atom. The summed E-state index contributed by atoms with van der Waals surface area (Å²) in [6, 6.07) is 0. The van der Waals surface area contributed by atoms with Crippen LogP contribution in [0.4, 0.5) is 0 Å². The SMILES string of the molecule is C=C[C@H](O[Si](C)(C)C(C)(C)C)[C@H](CC#CC(=O)OC)C1(C)CO1. The maximum Gasteiger partial charge on any atom is 0.384 e. The van der Waals surface area contributed by atoms with Crippen LogP contribution >= 0.6 is 0 Å². The fourth-order valence-corrected chi connectivity index (χ4v) is 3.40. The molecule has 0 aromatic carbocycles. The molecule has 5 heteroatoms. The van der Waals surface area contributed by atoms with E-state index in [0.717, 1.165) is 0 Å². The fourth-order valence-electron chi connectivity index (χ4n) is 2.10. The van der Waals surface area contributed by atoms with Crippen LogP contribution in [0.25, 0.3) is 0 Å². The minimum absolute atomic E-state index is 0.0475. The van der Waals surface area contributed by atoms with Gasteiger partial charge in [-0.15, -0.1) is 6.58 Å². The van der Waals surface area contributed by atoms with E-state index in [9.17, 15) is 4.79 Å². The molecule has 0 radical (unpaired) electrons. The first kappa shape index (κ1) is 20.0. The average molecular weight is 339 g/mol. The summed E-state index contributed by atoms with van der Waals surface area (Å²) < 4.78 is 16.7. The Bertz CT molecular complexity index is 503. The van der Waals surface area contributed by atoms with Gasteiger partial charge in [0.25, 0.3) is 0 Å². The number of ether oxygens (including phenoxy) is 2. The quantitative estimate of drug-likeness (QED) is 0.186. The summed E-state index contributed by atoms with van der Waals surface area (Å²) in [6.07, 6.45) is 2.21. The lowest BCUT2D eigenvalue weighted by molar-refractivity contribution is -0.133. The molecule has 0 N–H and O–H groups in total. The molecule has 4 nitrogen and oxygen atoms in total. The van der Waals surface area contributed by atoms with Gasteiger partial charge in [-0.3, -0.25) is 0 Å². The molecule has 0 bridgehead atoms. The molecular formula is C18H30O4Si. The topological polar surface area (TPSA) is 48.1 Å². The molecule has 23 heavy (non-hydrogen) atoms. The molecule has 1 fully saturated rings. The summed E-state index contributed by atoms with van der Waals surface area (Å²) in [5.41, 5.74) is -0.258. The largest absolute Gasteiger partial charge is 0.459 e. The maximum absolute atomic E-state index is 11.2. The Hall–Kier alpha value is -1.09. The van der Waals surface area contributed by atoms with Crippen LogP contribution in [0.2, 0.25) is 18.1 Å². The standard InChI is InChI=1S/C18H30O4Si/c1-9-15(22-23(7,8)17(2,3)4)14(18(5)13-21-18)11-10-12-16(19)20-6/h9,14-15H,1,11,13H2,2-8H3/t14-,15-,18?/m0/s1. The number of hydrogen-bond acceptors (Lipinski definition) is 4. The van der Waals surface area contributed by atoms with Gasteiger partial charge < -0.3 is 13.9 Å². The number of methoxy groups -OCH3 is 1. The molecule has 0 aromatic rings. The van der Waals surface area contributed by atoms with E-state index in [1.807, 2.05) is 6.08 Å². The number of epoxide rings is 1. The van der Waals surface area contributed by atoms with Gasteiger partial charge in [-0.1, -0.05) is 32.8 Å². The molecule has 0 spiro atoms. The molecule has 1 aliphatic rings. The highest BCUT2D eigenvalue weighted by Gasteiger charge is 2.51. The van der Waals surface area contributed by atoms with Gasteiger partial charge in [0.1, 0.15) is 0 Å². The third-order valence-electron chi connectivity index (χ3n) is 4.95. The summed E-state index contributed by atoms with van der Waals surface area (Å²) in [5, 5.41) is 0.113. The van der Waals surface area contributed by atoms with Crippen LogP contribution in [0.5, 0.6) is 0 Å². The van der Waals surface area contributed by atoms with Crippen molar-refractivity contribution in [2.24, 2.45) is 5.92 Å². The van der Waals surface area contributed by atoms with Crippen LogP contribution < -0.4 is 0 Å². The molecule has 1 aliphatic heterocycles. The molecule has 0 aliphatic carbocycles. The number of esters is 1. The summed E-state index contributed by atoms with van der Waals surface area (Å²) >= 11 is 0. The van der Waals surface area contributed by atoms with Gasteiger partial charge in [0.05, 0.1) is 25.4 Å². The van der Waals surface area contributed by atoms with E-state index in [1.165, 1.54) is 7.11 Å². The second-order valence-electron chi connectivity index (χ2n) is 7.78. The van der Waals surface area contributed by atoms with E-state index in [1.54, 1.807) is 0 Å². The van der Waals surface area contributed by atoms with Gasteiger partial charge in [0.2, 0.25) is 0 Å². The van der Waals surface area contributed by atoms with Gasteiger partial charge in [0.15, 0.2) is 8.32 Å². The van der Waals surface area contributed by atoms with Crippen molar-refractivity contribution in [2.75, 3.05) is 13.7 Å². The summed E-state index contributed by atoms with van der Waals surface area (Å²) in [4.78, 5) is 11.2. The first-order chi connectivity index (χ1) is 10.5. The van der Waals surface area contributed by atoms with E-state index in [2.05, 4.69) is 63.9 Å². The van der Waals surface area contributed by atoms with Crippen molar-refractivity contribution in [1.29, 1.82) is 0 Å². The van der Waals surface area contributed by atoms with Crippen molar-refractivity contribution in [1.82, 2.24) is 0 Å². The fraction of sp³-hybridized carbons (Fsp3) is 0.722. The lowest BCUT2D eigenvalue weighted by Gasteiger charge is -2.41. The smallest absolute Gasteiger partial charge is 0.384 e. The molecule has 1 unspecified atom stereocenters. The molecule has 3 atom stereocenters. The Morgan fingerprint density at radius 3 is 2.43 bits per heavy atom. The van der Waals surface area contributed by atoms with Crippen molar-refractivity contribution in [2.45, 2.75) is 64.0 Å². The number of hydrogen-bond donors (Lipinski definition) is 0. The molecule has 0 aromatic heterocycles. The van der Waals surface area contributed by atoms with Crippen LogP contribution in [0.3, 0.4) is 0 Å². The average Bonchev–Trinajstić information content (AvgIpc) is 3.18. The highest BCUT2D eigenvalue weighted by molar-refractivity contribution is 6.74. The normalized spacial score (nSPS) is 23.3. The monoisotopic (exact) mass is 338 g/mol. The lowest BCUT2D eigenvalue weighted by atomic mass is 9.86. The van der Waals surface area contributed by atoms with E-state index >= 15 is 0 Å². The van der Waals surface area contributed by atoms with Crippen LogP contribution in [0.1, 0.15) is 34.1 Å². The third-order valence-corrected chi connectivity index (χ3v) is 9.42. The molecule has 130 valence electrons. The van der Waals surface area contributed by atoms with Crippen LogP contribution in [-0.4, -0.2) is 39.7 Å². The zero-order chi connectivity index (χ0) is 17.9. The van der Waals surface area contributed by atoms with Gasteiger partial charge in [-0.2, -0.15) is 0 Å². The molecule has 1 rings (SSSR count). The van der Waals surface area contributed by atoms with E-state index in [4.69, 9.17) is 9.16 Å². The first-order valence-corrected chi connectivity index (χ1v) is 10.9. The molecule has 0 saturated carbocycles. The van der Waals surface area contributed by atoms with Gasteiger partial charge >= 0.3 is 5.97 Å². The van der Waals surface area contributed by atoms with Gasteiger partial charge in [-0.25, -0.2) is 4.79 Å². The van der Waals surface area contributed by atoms with Crippen molar-refractivity contribution in [3.05, 3.63) is 12.7 Å². The molecular weight excluding hydrogens is 308 g/mol. The number of carbonyl (C=O) groups excluding carboxylic acids is 1. The zero-order valence-electron chi connectivity index (χ0n) is 15.5. The zero-order valence-corrected chi connectivity index (χ0v) is 16.5. The highest BCUT2D eigenvalue weighted by Crippen LogP contribution is 2.43. The Morgan fingerprint density at radius 1 is 1.48 bits per heavy atom. The number of rotatable bonds is 6. The maximum atomic E-state index is 11.2. The predicted molar refractivity (Wildman–Crippen MR) is 94.5 cm³/mol. The van der Waals surface area contributed by atoms with Crippen molar-refractivity contribution in [3.63, 3.8) is 0 Å². The summed E-state index contributed by atoms with van der Waals surface area (Å²) in [7, 11) is -0.611. The summed E-state index contributed by atoms with van der Waals surface area (Å²) in [5.74, 6) is 4.92. The number of carbonyl (C=O) groups is 1. The van der Waals surface area contributed by atoms with Crippen molar-refractivity contribution in [3.8, 4) is 11.8 Å². The van der Waals surface area contributed by atoms with E-state index < -0.39 is 14.3 Å². The first-order valence-electron chi connectivity index (χ1n) is 7.98. The second kappa shape index (κ2) is 7.21. The third kappa shape index (κ3) is 5.20. The Balaban J connectivity index is 2.93. The van der Waals surface area contributed by atoms with Gasteiger partial charge in [0, 0.05) is 18.3 Å². The molecule has 0 amide bonds. The minimum atomic E-state index is -1.94. The van der Waals surface area contributed by atoms with Crippen LogP contribution in [-0.2, 0) is 18.7 Å². The lowest BCUT2D eigenvalue weighted by Crippen LogP contribution is -2.47. The Labute approximate surface area is 141 Å². The van der Waals surface area contributed by atoms with Crippen LogP contribution in [0, 0.1) is 17.8 Å². The summed E-state index contributed by atoms with van der Waals surface area (Å²) in [6.45, 7) is 17.8. The van der Waals surface area contributed by atoms with Crippen molar-refractivity contribution >= 4 is 14.3 Å². The Kier molecular flexibility index (Phi) is 6.25. The molecule has 1 heterocycles. The van der Waals surface area contributed by atoms with Crippen molar-refractivity contribution < 1.29 is 18.7 Å². The van der Waals surface area contributed by atoms with E-state index in [-0.39, 0.29) is 22.7 Å². The second-order valence-corrected chi connectivity index (χ2v) is 12.5. The predicted octanol–water partition coefficient (Wildman–Crippen LogP) is 3.53.